The van der Waals surface area contributed by atoms with Gasteiger partial charge in [-0.1, -0.05) is 37.3 Å². The fourth-order valence-electron chi connectivity index (χ4n) is 2.48. The van der Waals surface area contributed by atoms with Gasteiger partial charge >= 0.3 is 6.09 Å². The zero-order chi connectivity index (χ0) is 18.9. The molecule has 142 valence electrons. The molecule has 4 nitrogen and oxygen atoms in total. The number of aliphatic hydroxyl groups excluding tert-OH is 1. The topological polar surface area (TPSA) is 58.6 Å². The summed E-state index contributed by atoms with van der Waals surface area (Å²) in [6.07, 6.45) is 1.07. The van der Waals surface area contributed by atoms with Gasteiger partial charge in [-0.2, -0.15) is 11.8 Å². The summed E-state index contributed by atoms with van der Waals surface area (Å²) in [4.78, 5) is 11.8. The highest BCUT2D eigenvalue weighted by Crippen LogP contribution is 2.28. The van der Waals surface area contributed by atoms with Crippen LogP contribution in [0.25, 0.3) is 0 Å². The lowest BCUT2D eigenvalue weighted by Crippen LogP contribution is -2.41. The highest BCUT2D eigenvalue weighted by molar-refractivity contribution is 7.99. The molecule has 3 unspecified atom stereocenters. The number of amides is 1. The number of carbonyl (C=O) groups excluding carboxylic acids is 1. The van der Waals surface area contributed by atoms with Crippen LogP contribution in [0.15, 0.2) is 30.3 Å². The molecule has 0 aliphatic carbocycles. The third kappa shape index (κ3) is 10.4. The van der Waals surface area contributed by atoms with Gasteiger partial charge in [0, 0.05) is 16.5 Å². The summed E-state index contributed by atoms with van der Waals surface area (Å²) in [5.41, 5.74) is 1.02. The van der Waals surface area contributed by atoms with E-state index in [1.807, 2.05) is 26.8 Å². The van der Waals surface area contributed by atoms with Crippen LogP contribution in [0.2, 0.25) is 0 Å². The number of rotatable bonds is 9. The van der Waals surface area contributed by atoms with E-state index in [0.29, 0.717) is 23.5 Å². The summed E-state index contributed by atoms with van der Waals surface area (Å²) < 4.78 is 5.32. The van der Waals surface area contributed by atoms with Crippen LogP contribution in [0.4, 0.5) is 4.79 Å². The molecule has 0 saturated carbocycles. The van der Waals surface area contributed by atoms with E-state index in [2.05, 4.69) is 36.5 Å². The number of hydrogen-bond donors (Lipinski definition) is 2. The summed E-state index contributed by atoms with van der Waals surface area (Å²) in [5, 5.41) is 12.7. The van der Waals surface area contributed by atoms with Crippen LogP contribution < -0.4 is 5.32 Å². The Labute approximate surface area is 156 Å². The number of hydrogen-bond acceptors (Lipinski definition) is 4. The largest absolute Gasteiger partial charge is 0.450 e. The first-order chi connectivity index (χ1) is 11.7. The quantitative estimate of drug-likeness (QED) is 0.671. The number of aliphatic hydroxyl groups is 1. The predicted octanol–water partition coefficient (Wildman–Crippen LogP) is 4.58. The summed E-state index contributed by atoms with van der Waals surface area (Å²) in [6.45, 7) is 10.2. The molecule has 0 spiro atoms. The van der Waals surface area contributed by atoms with Crippen molar-refractivity contribution in [3.63, 3.8) is 0 Å². The van der Waals surface area contributed by atoms with Crippen LogP contribution in [0, 0.1) is 0 Å². The Balaban J connectivity index is 2.51. The highest BCUT2D eigenvalue weighted by atomic mass is 32.2. The van der Waals surface area contributed by atoms with Crippen molar-refractivity contribution in [1.29, 1.82) is 0 Å². The molecule has 0 saturated heterocycles. The van der Waals surface area contributed by atoms with Crippen molar-refractivity contribution >= 4 is 17.9 Å². The van der Waals surface area contributed by atoms with Gasteiger partial charge in [0.1, 0.15) is 0 Å². The maximum absolute atomic E-state index is 11.8. The molecule has 1 aromatic carbocycles. The maximum atomic E-state index is 11.8. The highest BCUT2D eigenvalue weighted by Gasteiger charge is 2.18. The lowest BCUT2D eigenvalue weighted by molar-refractivity contribution is 0.136. The van der Waals surface area contributed by atoms with Gasteiger partial charge in [-0.05, 0) is 52.0 Å². The molecule has 0 radical (unpaired) electrons. The first kappa shape index (κ1) is 21.8. The molecule has 0 aromatic heterocycles. The Hall–Kier alpha value is -1.20. The van der Waals surface area contributed by atoms with Crippen molar-refractivity contribution in [2.75, 3.05) is 12.4 Å². The third-order valence-electron chi connectivity index (χ3n) is 3.71. The fourth-order valence-corrected chi connectivity index (χ4v) is 3.72. The molecule has 0 heterocycles. The van der Waals surface area contributed by atoms with Gasteiger partial charge in [0.05, 0.1) is 12.7 Å². The lowest BCUT2D eigenvalue weighted by atomic mass is 9.95. The second-order valence-electron chi connectivity index (χ2n) is 7.65. The Morgan fingerprint density at radius 1 is 1.24 bits per heavy atom. The third-order valence-corrected chi connectivity index (χ3v) is 5.28. The van der Waals surface area contributed by atoms with E-state index < -0.39 is 0 Å². The van der Waals surface area contributed by atoms with Crippen LogP contribution in [-0.4, -0.2) is 40.5 Å². The van der Waals surface area contributed by atoms with Crippen molar-refractivity contribution in [1.82, 2.24) is 5.32 Å². The minimum absolute atomic E-state index is 0.292. The molecule has 5 heteroatoms. The van der Waals surface area contributed by atoms with E-state index in [1.165, 1.54) is 5.56 Å². The summed E-state index contributed by atoms with van der Waals surface area (Å²) in [6, 6.07) is 10.4. The molecule has 25 heavy (non-hydrogen) atoms. The predicted molar refractivity (Wildman–Crippen MR) is 106 cm³/mol. The number of ether oxygens (including phenoxy) is 1. The minimum Gasteiger partial charge on any atom is -0.450 e. The molecule has 0 bridgehead atoms. The zero-order valence-corrected chi connectivity index (χ0v) is 16.9. The average Bonchev–Trinajstić information content (AvgIpc) is 2.51. The van der Waals surface area contributed by atoms with Crippen molar-refractivity contribution in [3.05, 3.63) is 35.9 Å². The van der Waals surface area contributed by atoms with E-state index >= 15 is 0 Å². The second-order valence-corrected chi connectivity index (χ2v) is 8.98. The fraction of sp³-hybridized carbons (Fsp3) is 0.650. The maximum Gasteiger partial charge on any atom is 0.407 e. The van der Waals surface area contributed by atoms with Gasteiger partial charge in [0.25, 0.3) is 0 Å². The molecular formula is C20H33NO3S. The number of carbonyl (C=O) groups is 1. The summed E-state index contributed by atoms with van der Waals surface area (Å²) >= 11 is 1.76. The van der Waals surface area contributed by atoms with Crippen LogP contribution in [-0.2, 0) is 4.74 Å². The van der Waals surface area contributed by atoms with Crippen molar-refractivity contribution in [2.45, 2.75) is 70.3 Å². The number of nitrogens with one attached hydrogen (secondary N) is 1. The van der Waals surface area contributed by atoms with Gasteiger partial charge in [-0.3, -0.25) is 0 Å². The van der Waals surface area contributed by atoms with E-state index in [4.69, 9.17) is 4.74 Å². The minimum atomic E-state index is -0.372. The van der Waals surface area contributed by atoms with E-state index in [0.717, 1.165) is 12.8 Å². The Morgan fingerprint density at radius 2 is 1.88 bits per heavy atom. The number of benzene rings is 1. The van der Waals surface area contributed by atoms with E-state index in [9.17, 15) is 9.90 Å². The van der Waals surface area contributed by atoms with Crippen LogP contribution >= 0.6 is 11.8 Å². The Bertz CT molecular complexity index is 499. The molecular weight excluding hydrogens is 334 g/mol. The Morgan fingerprint density at radius 3 is 2.44 bits per heavy atom. The first-order valence-corrected chi connectivity index (χ1v) is 10.0. The zero-order valence-electron chi connectivity index (χ0n) is 16.1. The van der Waals surface area contributed by atoms with E-state index in [-0.39, 0.29) is 17.7 Å². The Kier molecular flexibility index (Phi) is 9.36. The second kappa shape index (κ2) is 10.7. The average molecular weight is 368 g/mol. The monoisotopic (exact) mass is 367 g/mol. The summed E-state index contributed by atoms with van der Waals surface area (Å²) in [7, 11) is 0. The molecule has 2 N–H and O–H groups in total. The molecule has 0 aliphatic heterocycles. The van der Waals surface area contributed by atoms with Crippen molar-refractivity contribution in [3.8, 4) is 0 Å². The molecule has 1 amide bonds. The smallest absolute Gasteiger partial charge is 0.407 e. The van der Waals surface area contributed by atoms with Crippen LogP contribution in [0.5, 0.6) is 0 Å². The van der Waals surface area contributed by atoms with Crippen molar-refractivity contribution in [2.24, 2.45) is 0 Å². The van der Waals surface area contributed by atoms with Crippen LogP contribution in [0.3, 0.4) is 0 Å². The SMILES string of the molecule is CC(O)CSC(CCOC(=O)NC(C)(C)C)CC(C)c1ccccc1. The molecule has 0 fully saturated rings. The summed E-state index contributed by atoms with van der Waals surface area (Å²) in [5.74, 6) is 1.12. The molecule has 0 aliphatic rings. The van der Waals surface area contributed by atoms with Gasteiger partial charge in [-0.15, -0.1) is 0 Å². The van der Waals surface area contributed by atoms with Crippen LogP contribution in [0.1, 0.15) is 58.9 Å². The van der Waals surface area contributed by atoms with E-state index in [1.54, 1.807) is 18.7 Å². The first-order valence-electron chi connectivity index (χ1n) is 8.97. The van der Waals surface area contributed by atoms with Gasteiger partial charge in [0.2, 0.25) is 0 Å². The van der Waals surface area contributed by atoms with Gasteiger partial charge in [0.15, 0.2) is 0 Å². The number of thioether (sulfide) groups is 1. The van der Waals surface area contributed by atoms with Gasteiger partial charge < -0.3 is 15.2 Å². The molecule has 1 aromatic rings. The normalized spacial score (nSPS) is 15.3. The lowest BCUT2D eigenvalue weighted by Gasteiger charge is -2.23. The standard InChI is InChI=1S/C20H33NO3S/c1-15(17-9-7-6-8-10-17)13-18(25-14-16(2)22)11-12-24-19(23)21-20(3,4)5/h6-10,15-16,18,22H,11-14H2,1-5H3,(H,21,23). The number of alkyl carbamates (subject to hydrolysis) is 1. The van der Waals surface area contributed by atoms with Gasteiger partial charge in [-0.25, -0.2) is 4.79 Å². The molecule has 3 atom stereocenters. The molecule has 1 rings (SSSR count). The van der Waals surface area contributed by atoms with Crippen molar-refractivity contribution < 1.29 is 14.6 Å².